The van der Waals surface area contributed by atoms with Crippen molar-refractivity contribution >= 4 is 34.6 Å². The Balaban J connectivity index is 1.80. The normalized spacial score (nSPS) is 13.9. The summed E-state index contributed by atoms with van der Waals surface area (Å²) in [6, 6.07) is 13.2. The fourth-order valence-electron chi connectivity index (χ4n) is 3.27. The Labute approximate surface area is 175 Å². The zero-order valence-corrected chi connectivity index (χ0v) is 16.5. The number of pyridine rings is 1. The Kier molecular flexibility index (Phi) is 5.07. The molecule has 1 amide bonds. The largest absolute Gasteiger partial charge is 0.417 e. The van der Waals surface area contributed by atoms with E-state index >= 15 is 0 Å². The third-order valence-corrected chi connectivity index (χ3v) is 4.99. The zero-order valence-electron chi connectivity index (χ0n) is 15.7. The van der Waals surface area contributed by atoms with E-state index in [0.29, 0.717) is 11.3 Å². The van der Waals surface area contributed by atoms with E-state index in [4.69, 9.17) is 11.6 Å². The third-order valence-electron chi connectivity index (χ3n) is 4.67. The number of hydrogen-bond acceptors (Lipinski definition) is 3. The summed E-state index contributed by atoms with van der Waals surface area (Å²) in [6.45, 7) is 1.89. The molecule has 4 nitrogen and oxygen atoms in total. The van der Waals surface area contributed by atoms with Gasteiger partial charge in [0.15, 0.2) is 0 Å². The molecule has 0 radical (unpaired) electrons. The summed E-state index contributed by atoms with van der Waals surface area (Å²) >= 11 is 5.84. The van der Waals surface area contributed by atoms with Crippen LogP contribution in [0.25, 0.3) is 11.1 Å². The number of aryl methyl sites for hydroxylation is 1. The van der Waals surface area contributed by atoms with Crippen molar-refractivity contribution in [3.05, 3.63) is 76.6 Å². The van der Waals surface area contributed by atoms with Crippen LogP contribution in [-0.2, 0) is 11.0 Å². The van der Waals surface area contributed by atoms with Crippen molar-refractivity contribution in [3.63, 3.8) is 0 Å². The molecular formula is C22H15ClF3N3O. The molecule has 2 heterocycles. The van der Waals surface area contributed by atoms with Crippen molar-refractivity contribution in [2.45, 2.75) is 19.5 Å². The van der Waals surface area contributed by atoms with Crippen molar-refractivity contribution in [1.29, 1.82) is 0 Å². The van der Waals surface area contributed by atoms with Gasteiger partial charge in [-0.15, -0.1) is 0 Å². The second-order valence-corrected chi connectivity index (χ2v) is 7.30. The quantitative estimate of drug-likeness (QED) is 0.528. The Morgan fingerprint density at radius 3 is 2.50 bits per heavy atom. The summed E-state index contributed by atoms with van der Waals surface area (Å²) in [5, 5.41) is 2.02. The van der Waals surface area contributed by atoms with Crippen LogP contribution in [-0.4, -0.2) is 16.6 Å². The molecule has 0 atom stereocenters. The molecule has 8 heteroatoms. The summed E-state index contributed by atoms with van der Waals surface area (Å²) in [5.41, 5.74) is 3.02. The number of fused-ring (bicyclic) bond motifs is 1. The van der Waals surface area contributed by atoms with Gasteiger partial charge in [0.05, 0.1) is 34.1 Å². The molecule has 1 N–H and O–H groups in total. The van der Waals surface area contributed by atoms with Crippen molar-refractivity contribution in [2.24, 2.45) is 4.99 Å². The average Bonchev–Trinajstić information content (AvgIpc) is 2.84. The van der Waals surface area contributed by atoms with Crippen molar-refractivity contribution in [3.8, 4) is 11.1 Å². The third kappa shape index (κ3) is 4.07. The molecular weight excluding hydrogens is 415 g/mol. The van der Waals surface area contributed by atoms with Crippen molar-refractivity contribution in [1.82, 2.24) is 4.98 Å². The molecule has 30 heavy (non-hydrogen) atoms. The molecule has 152 valence electrons. The number of carbonyl (C=O) groups is 1. The minimum atomic E-state index is -4.63. The standard InChI is InChI=1S/C22H15ClF3N3O/c1-12-7-14(5-6-27-12)13-3-2-4-15(8-13)18-11-21(30)29-19-9-16(22(24,25)26)17(23)10-20(19)28-18/h2-10H,11H2,1H3,(H,29,30). The van der Waals surface area contributed by atoms with Crippen LogP contribution in [0.2, 0.25) is 5.02 Å². The lowest BCUT2D eigenvalue weighted by molar-refractivity contribution is -0.137. The number of benzene rings is 2. The fraction of sp³-hybridized carbons (Fsp3) is 0.136. The van der Waals surface area contributed by atoms with E-state index in [1.54, 1.807) is 12.3 Å². The van der Waals surface area contributed by atoms with Crippen LogP contribution < -0.4 is 5.32 Å². The van der Waals surface area contributed by atoms with E-state index in [-0.39, 0.29) is 17.8 Å². The highest BCUT2D eigenvalue weighted by Crippen LogP contribution is 2.41. The van der Waals surface area contributed by atoms with Gasteiger partial charge in [0.25, 0.3) is 0 Å². The van der Waals surface area contributed by atoms with Crippen LogP contribution in [0.15, 0.2) is 59.7 Å². The highest BCUT2D eigenvalue weighted by Gasteiger charge is 2.34. The van der Waals surface area contributed by atoms with Gasteiger partial charge in [0, 0.05) is 11.9 Å². The molecule has 3 aromatic rings. The van der Waals surface area contributed by atoms with Gasteiger partial charge in [0.1, 0.15) is 0 Å². The first-order chi connectivity index (χ1) is 14.2. The lowest BCUT2D eigenvalue weighted by atomic mass is 10.00. The maximum absolute atomic E-state index is 13.2. The highest BCUT2D eigenvalue weighted by molar-refractivity contribution is 6.32. The highest BCUT2D eigenvalue weighted by atomic mass is 35.5. The minimum Gasteiger partial charge on any atom is -0.324 e. The summed E-state index contributed by atoms with van der Waals surface area (Å²) in [6.07, 6.45) is -3.00. The second-order valence-electron chi connectivity index (χ2n) is 6.90. The lowest BCUT2D eigenvalue weighted by Gasteiger charge is -2.12. The van der Waals surface area contributed by atoms with E-state index < -0.39 is 22.7 Å². The molecule has 1 aliphatic rings. The van der Waals surface area contributed by atoms with Crippen LogP contribution >= 0.6 is 11.6 Å². The number of halogens is 4. The Morgan fingerprint density at radius 2 is 1.77 bits per heavy atom. The van der Waals surface area contributed by atoms with Gasteiger partial charge in [-0.2, -0.15) is 13.2 Å². The first-order valence-electron chi connectivity index (χ1n) is 9.02. The van der Waals surface area contributed by atoms with Crippen LogP contribution in [0.1, 0.15) is 23.2 Å². The molecule has 1 aromatic heterocycles. The lowest BCUT2D eigenvalue weighted by Crippen LogP contribution is -2.15. The van der Waals surface area contributed by atoms with Crippen LogP contribution in [0.4, 0.5) is 24.5 Å². The maximum atomic E-state index is 13.2. The Morgan fingerprint density at radius 1 is 1.03 bits per heavy atom. The van der Waals surface area contributed by atoms with E-state index in [1.807, 2.05) is 37.3 Å². The van der Waals surface area contributed by atoms with E-state index in [0.717, 1.165) is 29.0 Å². The molecule has 0 unspecified atom stereocenters. The summed E-state index contributed by atoms with van der Waals surface area (Å²) in [5.74, 6) is -0.451. The molecule has 0 fully saturated rings. The predicted molar refractivity (Wildman–Crippen MR) is 110 cm³/mol. The first kappa shape index (κ1) is 20.1. The number of aromatic nitrogens is 1. The van der Waals surface area contributed by atoms with Gasteiger partial charge in [0.2, 0.25) is 5.91 Å². The molecule has 1 aliphatic heterocycles. The molecule has 0 saturated heterocycles. The van der Waals surface area contributed by atoms with Gasteiger partial charge in [-0.1, -0.05) is 29.8 Å². The van der Waals surface area contributed by atoms with Crippen LogP contribution in [0, 0.1) is 6.92 Å². The van der Waals surface area contributed by atoms with Gasteiger partial charge in [-0.3, -0.25) is 14.8 Å². The molecule has 0 saturated carbocycles. The van der Waals surface area contributed by atoms with Gasteiger partial charge < -0.3 is 5.32 Å². The number of nitrogens with zero attached hydrogens (tertiary/aromatic N) is 2. The first-order valence-corrected chi connectivity index (χ1v) is 9.40. The van der Waals surface area contributed by atoms with Crippen molar-refractivity contribution in [2.75, 3.05) is 5.32 Å². The second kappa shape index (κ2) is 7.57. The summed E-state index contributed by atoms with van der Waals surface area (Å²) < 4.78 is 39.5. The van der Waals surface area contributed by atoms with Crippen LogP contribution in [0.3, 0.4) is 0 Å². The minimum absolute atomic E-state index is 0.0207. The summed E-state index contributed by atoms with van der Waals surface area (Å²) in [4.78, 5) is 21.0. The average molecular weight is 430 g/mol. The Bertz CT molecular complexity index is 1190. The van der Waals surface area contributed by atoms with E-state index in [1.165, 1.54) is 0 Å². The maximum Gasteiger partial charge on any atom is 0.417 e. The molecule has 0 aliphatic carbocycles. The van der Waals surface area contributed by atoms with Gasteiger partial charge in [-0.05, 0) is 53.9 Å². The zero-order chi connectivity index (χ0) is 21.5. The number of hydrogen-bond donors (Lipinski definition) is 1. The molecule has 2 aromatic carbocycles. The number of amides is 1. The molecule has 0 spiro atoms. The van der Waals surface area contributed by atoms with Gasteiger partial charge in [-0.25, -0.2) is 0 Å². The monoisotopic (exact) mass is 429 g/mol. The molecule has 0 bridgehead atoms. The SMILES string of the molecule is Cc1cc(-c2cccc(C3=Nc4cc(Cl)c(C(F)(F)F)cc4NC(=O)C3)c2)ccn1. The number of nitrogens with one attached hydrogen (secondary N) is 1. The van der Waals surface area contributed by atoms with Gasteiger partial charge >= 0.3 is 6.18 Å². The van der Waals surface area contributed by atoms with Crippen LogP contribution in [0.5, 0.6) is 0 Å². The number of carbonyl (C=O) groups excluding carboxylic acids is 1. The number of rotatable bonds is 2. The fourth-order valence-corrected chi connectivity index (χ4v) is 3.54. The Hall–Kier alpha value is -3.19. The number of anilines is 1. The topological polar surface area (TPSA) is 54.4 Å². The summed E-state index contributed by atoms with van der Waals surface area (Å²) in [7, 11) is 0. The number of aliphatic imine (C=N–C) groups is 1. The van der Waals surface area contributed by atoms with E-state index in [2.05, 4.69) is 15.3 Å². The number of alkyl halides is 3. The van der Waals surface area contributed by atoms with E-state index in [9.17, 15) is 18.0 Å². The predicted octanol–water partition coefficient (Wildman–Crippen LogP) is 6.19. The molecule has 4 rings (SSSR count). The van der Waals surface area contributed by atoms with Crippen molar-refractivity contribution < 1.29 is 18.0 Å². The smallest absolute Gasteiger partial charge is 0.324 e.